The summed E-state index contributed by atoms with van der Waals surface area (Å²) in [5, 5.41) is 10.3. The molecule has 1 aromatic rings. The number of piperidine rings is 1. The molecule has 0 atom stereocenters. The smallest absolute Gasteiger partial charge is 0.139 e. The molecule has 122 valence electrons. The number of anilines is 2. The molecular weight excluding hydrogens is 274 g/mol. The lowest BCUT2D eigenvalue weighted by Gasteiger charge is -2.38. The van der Waals surface area contributed by atoms with Crippen LogP contribution in [0, 0.1) is 0 Å². The highest BCUT2D eigenvalue weighted by Crippen LogP contribution is 2.33. The van der Waals surface area contributed by atoms with Crippen LogP contribution >= 0.6 is 0 Å². The third-order valence-corrected chi connectivity index (χ3v) is 5.07. The molecule has 0 amide bonds. The Labute approximate surface area is 134 Å². The van der Waals surface area contributed by atoms with Gasteiger partial charge in [-0.3, -0.25) is 4.90 Å². The second kappa shape index (κ2) is 6.78. The molecule has 0 spiro atoms. The maximum atomic E-state index is 10.3. The summed E-state index contributed by atoms with van der Waals surface area (Å²) in [5.41, 5.74) is 2.27. The fraction of sp³-hybridized carbons (Fsp3) is 0.667. The fourth-order valence-corrected chi connectivity index (χ4v) is 3.59. The van der Waals surface area contributed by atoms with Crippen molar-refractivity contribution in [2.75, 3.05) is 49.1 Å². The van der Waals surface area contributed by atoms with E-state index in [9.17, 15) is 5.11 Å². The zero-order valence-corrected chi connectivity index (χ0v) is 14.0. The van der Waals surface area contributed by atoms with Crippen LogP contribution in [0.1, 0.15) is 33.1 Å². The number of piperazine rings is 1. The van der Waals surface area contributed by atoms with Crippen molar-refractivity contribution in [2.24, 2.45) is 0 Å². The van der Waals surface area contributed by atoms with E-state index in [0.717, 1.165) is 45.0 Å². The van der Waals surface area contributed by atoms with Crippen molar-refractivity contribution in [3.63, 3.8) is 0 Å². The third-order valence-electron chi connectivity index (χ3n) is 5.07. The molecule has 0 bridgehead atoms. The quantitative estimate of drug-likeness (QED) is 0.930. The second-order valence-electron chi connectivity index (χ2n) is 6.84. The van der Waals surface area contributed by atoms with E-state index in [2.05, 4.69) is 40.7 Å². The van der Waals surface area contributed by atoms with Crippen molar-refractivity contribution in [2.45, 2.75) is 39.2 Å². The summed E-state index contributed by atoms with van der Waals surface area (Å²) >= 11 is 0. The SMILES string of the molecule is CC(C)N1CCN(c2cc(N3CCCCC3)ccc2O)CC1. The molecule has 0 unspecified atom stereocenters. The molecule has 3 rings (SSSR count). The summed E-state index contributed by atoms with van der Waals surface area (Å²) in [6.45, 7) is 10.9. The summed E-state index contributed by atoms with van der Waals surface area (Å²) in [7, 11) is 0. The molecule has 0 radical (unpaired) electrons. The Morgan fingerprint density at radius 3 is 2.18 bits per heavy atom. The lowest BCUT2D eigenvalue weighted by atomic mass is 10.1. The van der Waals surface area contributed by atoms with Crippen LogP contribution < -0.4 is 9.80 Å². The third kappa shape index (κ3) is 3.32. The van der Waals surface area contributed by atoms with Crippen LogP contribution in [-0.2, 0) is 0 Å². The van der Waals surface area contributed by atoms with Gasteiger partial charge in [-0.15, -0.1) is 0 Å². The molecule has 1 aromatic carbocycles. The number of phenolic OH excluding ortho intramolecular Hbond substituents is 1. The Morgan fingerprint density at radius 2 is 1.55 bits per heavy atom. The first-order chi connectivity index (χ1) is 10.6. The average Bonchev–Trinajstić information content (AvgIpc) is 2.56. The summed E-state index contributed by atoms with van der Waals surface area (Å²) in [4.78, 5) is 7.29. The van der Waals surface area contributed by atoms with Gasteiger partial charge in [0.25, 0.3) is 0 Å². The molecule has 0 aliphatic carbocycles. The minimum absolute atomic E-state index is 0.416. The lowest BCUT2D eigenvalue weighted by molar-refractivity contribution is 0.209. The van der Waals surface area contributed by atoms with Crippen LogP contribution in [0.4, 0.5) is 11.4 Å². The summed E-state index contributed by atoms with van der Waals surface area (Å²) in [6.07, 6.45) is 3.91. The zero-order chi connectivity index (χ0) is 15.5. The average molecular weight is 303 g/mol. The molecule has 2 saturated heterocycles. The Balaban J connectivity index is 1.73. The van der Waals surface area contributed by atoms with Crippen molar-refractivity contribution in [1.82, 2.24) is 4.90 Å². The normalized spacial score (nSPS) is 20.7. The highest BCUT2D eigenvalue weighted by molar-refractivity contribution is 5.66. The van der Waals surface area contributed by atoms with Gasteiger partial charge < -0.3 is 14.9 Å². The summed E-state index contributed by atoms with van der Waals surface area (Å²) in [6, 6.07) is 6.73. The minimum atomic E-state index is 0.416. The first kappa shape index (κ1) is 15.5. The molecule has 22 heavy (non-hydrogen) atoms. The van der Waals surface area contributed by atoms with Crippen molar-refractivity contribution in [1.29, 1.82) is 0 Å². The van der Waals surface area contributed by atoms with Gasteiger partial charge in [-0.25, -0.2) is 0 Å². The predicted molar refractivity (Wildman–Crippen MR) is 93.1 cm³/mol. The largest absolute Gasteiger partial charge is 0.506 e. The van der Waals surface area contributed by atoms with E-state index in [4.69, 9.17) is 0 Å². The highest BCUT2D eigenvalue weighted by atomic mass is 16.3. The maximum Gasteiger partial charge on any atom is 0.139 e. The Bertz CT molecular complexity index is 489. The first-order valence-corrected chi connectivity index (χ1v) is 8.72. The molecule has 0 aromatic heterocycles. The van der Waals surface area contributed by atoms with Crippen LogP contribution in [0.3, 0.4) is 0 Å². The van der Waals surface area contributed by atoms with Gasteiger partial charge in [0, 0.05) is 51.0 Å². The van der Waals surface area contributed by atoms with Gasteiger partial charge in [0.1, 0.15) is 5.75 Å². The van der Waals surface area contributed by atoms with Crippen LogP contribution in [0.25, 0.3) is 0 Å². The van der Waals surface area contributed by atoms with Crippen LogP contribution in [-0.4, -0.2) is 55.3 Å². The van der Waals surface area contributed by atoms with Gasteiger partial charge >= 0.3 is 0 Å². The molecule has 2 fully saturated rings. The second-order valence-corrected chi connectivity index (χ2v) is 6.84. The van der Waals surface area contributed by atoms with Gasteiger partial charge in [0.2, 0.25) is 0 Å². The summed E-state index contributed by atoms with van der Waals surface area (Å²) in [5.74, 6) is 0.416. The van der Waals surface area contributed by atoms with E-state index >= 15 is 0 Å². The molecule has 1 N–H and O–H groups in total. The van der Waals surface area contributed by atoms with E-state index in [-0.39, 0.29) is 0 Å². The first-order valence-electron chi connectivity index (χ1n) is 8.72. The number of hydrogen-bond donors (Lipinski definition) is 1. The van der Waals surface area contributed by atoms with Crippen LogP contribution in [0.2, 0.25) is 0 Å². The van der Waals surface area contributed by atoms with E-state index in [1.54, 1.807) is 0 Å². The monoisotopic (exact) mass is 303 g/mol. The number of aromatic hydroxyl groups is 1. The van der Waals surface area contributed by atoms with Gasteiger partial charge in [0.15, 0.2) is 0 Å². The number of phenols is 1. The molecular formula is C18H29N3O. The van der Waals surface area contributed by atoms with Gasteiger partial charge in [-0.2, -0.15) is 0 Å². The molecule has 0 saturated carbocycles. The summed E-state index contributed by atoms with van der Waals surface area (Å²) < 4.78 is 0. The molecule has 2 aliphatic rings. The molecule has 2 aliphatic heterocycles. The molecule has 4 heteroatoms. The van der Waals surface area contributed by atoms with E-state index < -0.39 is 0 Å². The van der Waals surface area contributed by atoms with E-state index in [1.807, 2.05) is 6.07 Å². The van der Waals surface area contributed by atoms with E-state index in [0.29, 0.717) is 11.8 Å². The Kier molecular flexibility index (Phi) is 4.77. The van der Waals surface area contributed by atoms with Gasteiger partial charge in [-0.05, 0) is 51.3 Å². The molecule has 2 heterocycles. The van der Waals surface area contributed by atoms with Gasteiger partial charge in [-0.1, -0.05) is 0 Å². The number of rotatable bonds is 3. The predicted octanol–water partition coefficient (Wildman–Crippen LogP) is 2.91. The number of benzene rings is 1. The van der Waals surface area contributed by atoms with E-state index in [1.165, 1.54) is 24.9 Å². The Morgan fingerprint density at radius 1 is 0.864 bits per heavy atom. The number of nitrogens with zero attached hydrogens (tertiary/aromatic N) is 3. The lowest BCUT2D eigenvalue weighted by Crippen LogP contribution is -2.49. The highest BCUT2D eigenvalue weighted by Gasteiger charge is 2.22. The van der Waals surface area contributed by atoms with Crippen LogP contribution in [0.5, 0.6) is 5.75 Å². The topological polar surface area (TPSA) is 30.0 Å². The minimum Gasteiger partial charge on any atom is -0.506 e. The standard InChI is InChI=1S/C18H29N3O/c1-15(2)19-10-12-21(13-11-19)17-14-16(6-7-18(17)22)20-8-4-3-5-9-20/h6-7,14-15,22H,3-5,8-13H2,1-2H3. The number of hydrogen-bond acceptors (Lipinski definition) is 4. The van der Waals surface area contributed by atoms with Crippen LogP contribution in [0.15, 0.2) is 18.2 Å². The van der Waals surface area contributed by atoms with Crippen molar-refractivity contribution in [3.8, 4) is 5.75 Å². The van der Waals surface area contributed by atoms with Crippen molar-refractivity contribution in [3.05, 3.63) is 18.2 Å². The van der Waals surface area contributed by atoms with Crippen molar-refractivity contribution < 1.29 is 5.11 Å². The zero-order valence-electron chi connectivity index (χ0n) is 14.0. The van der Waals surface area contributed by atoms with Gasteiger partial charge in [0.05, 0.1) is 5.69 Å². The maximum absolute atomic E-state index is 10.3. The Hall–Kier alpha value is -1.42. The van der Waals surface area contributed by atoms with Crippen molar-refractivity contribution >= 4 is 11.4 Å². The molecule has 4 nitrogen and oxygen atoms in total. The fourth-order valence-electron chi connectivity index (χ4n) is 3.59.